The zero-order valence-corrected chi connectivity index (χ0v) is 14.9. The molecule has 1 N–H and O–H groups in total. The van der Waals surface area contributed by atoms with Gasteiger partial charge in [-0.2, -0.15) is 0 Å². The molecule has 0 aliphatic heterocycles. The van der Waals surface area contributed by atoms with Gasteiger partial charge in [0.2, 0.25) is 5.91 Å². The van der Waals surface area contributed by atoms with Crippen LogP contribution >= 0.6 is 15.9 Å². The van der Waals surface area contributed by atoms with E-state index in [9.17, 15) is 4.79 Å². The lowest BCUT2D eigenvalue weighted by Crippen LogP contribution is -2.33. The molecule has 2 nitrogen and oxygen atoms in total. The Morgan fingerprint density at radius 2 is 1.95 bits per heavy atom. The second kappa shape index (κ2) is 10.6. The Bertz CT molecular complexity index is 262. The first-order chi connectivity index (χ1) is 9.67. The van der Waals surface area contributed by atoms with Gasteiger partial charge in [0, 0.05) is 17.8 Å². The zero-order valence-electron chi connectivity index (χ0n) is 13.3. The highest BCUT2D eigenvalue weighted by Crippen LogP contribution is 2.31. The van der Waals surface area contributed by atoms with Crippen molar-refractivity contribution < 1.29 is 4.79 Å². The number of nitrogens with one attached hydrogen (secondary N) is 1. The van der Waals surface area contributed by atoms with Crippen molar-refractivity contribution in [2.75, 3.05) is 11.9 Å². The maximum Gasteiger partial charge on any atom is 0.223 e. The van der Waals surface area contributed by atoms with Gasteiger partial charge >= 0.3 is 0 Å². The molecule has 1 aliphatic rings. The third-order valence-electron chi connectivity index (χ3n) is 4.62. The van der Waals surface area contributed by atoms with Crippen LogP contribution in [0.1, 0.15) is 71.6 Å². The van der Waals surface area contributed by atoms with Gasteiger partial charge in [-0.3, -0.25) is 4.79 Å². The molecule has 0 bridgehead atoms. The summed E-state index contributed by atoms with van der Waals surface area (Å²) in [5.74, 6) is 2.20. The van der Waals surface area contributed by atoms with Crippen LogP contribution in [-0.2, 0) is 4.79 Å². The SMILES string of the molecule is CCCCC1CCC(C(=O)NCCCC(C)CBr)CC1. The minimum absolute atomic E-state index is 0.293. The second-order valence-corrected chi connectivity index (χ2v) is 7.20. The van der Waals surface area contributed by atoms with Crippen LogP contribution in [0, 0.1) is 17.8 Å². The highest BCUT2D eigenvalue weighted by molar-refractivity contribution is 9.09. The Kier molecular flexibility index (Phi) is 9.58. The van der Waals surface area contributed by atoms with Gasteiger partial charge in [-0.1, -0.05) is 49.0 Å². The highest BCUT2D eigenvalue weighted by Gasteiger charge is 2.25. The molecule has 1 saturated carbocycles. The van der Waals surface area contributed by atoms with Crippen molar-refractivity contribution in [2.45, 2.75) is 71.6 Å². The van der Waals surface area contributed by atoms with Gasteiger partial charge in [-0.25, -0.2) is 0 Å². The second-order valence-electron chi connectivity index (χ2n) is 6.55. The number of carbonyl (C=O) groups is 1. The quantitative estimate of drug-likeness (QED) is 0.466. The Balaban J connectivity index is 2.10. The fourth-order valence-corrected chi connectivity index (χ4v) is 3.41. The number of hydrogen-bond donors (Lipinski definition) is 1. The summed E-state index contributed by atoms with van der Waals surface area (Å²) in [6.07, 6.45) is 11.1. The summed E-state index contributed by atoms with van der Waals surface area (Å²) in [5, 5.41) is 4.19. The normalized spacial score (nSPS) is 24.4. The first-order valence-corrected chi connectivity index (χ1v) is 9.63. The lowest BCUT2D eigenvalue weighted by atomic mass is 9.79. The van der Waals surface area contributed by atoms with E-state index in [0.29, 0.717) is 17.7 Å². The maximum atomic E-state index is 12.1. The first kappa shape index (κ1) is 18.0. The molecule has 0 heterocycles. The minimum atomic E-state index is 0.293. The molecule has 20 heavy (non-hydrogen) atoms. The van der Waals surface area contributed by atoms with Gasteiger partial charge in [0.05, 0.1) is 0 Å². The van der Waals surface area contributed by atoms with Crippen molar-refractivity contribution in [3.63, 3.8) is 0 Å². The molecule has 1 atom stereocenters. The molecule has 1 amide bonds. The number of rotatable bonds is 9. The third kappa shape index (κ3) is 7.10. The van der Waals surface area contributed by atoms with Crippen LogP contribution in [0.2, 0.25) is 0 Å². The van der Waals surface area contributed by atoms with E-state index in [1.54, 1.807) is 0 Å². The van der Waals surface area contributed by atoms with Crippen molar-refractivity contribution in [1.82, 2.24) is 5.32 Å². The molecule has 0 saturated heterocycles. The Labute approximate surface area is 133 Å². The van der Waals surface area contributed by atoms with Gasteiger partial charge in [-0.05, 0) is 50.4 Å². The zero-order chi connectivity index (χ0) is 14.8. The molecule has 0 radical (unpaired) electrons. The van der Waals surface area contributed by atoms with Crippen LogP contribution < -0.4 is 5.32 Å². The average molecular weight is 346 g/mol. The summed E-state index contributed by atoms with van der Waals surface area (Å²) in [6.45, 7) is 5.36. The standard InChI is InChI=1S/C17H32BrNO/c1-3-4-7-15-8-10-16(11-9-15)17(20)19-12-5-6-14(2)13-18/h14-16H,3-13H2,1-2H3,(H,19,20). The van der Waals surface area contributed by atoms with E-state index in [2.05, 4.69) is 35.1 Å². The topological polar surface area (TPSA) is 29.1 Å². The summed E-state index contributed by atoms with van der Waals surface area (Å²) in [7, 11) is 0. The summed E-state index contributed by atoms with van der Waals surface area (Å²) in [6, 6.07) is 0. The lowest BCUT2D eigenvalue weighted by molar-refractivity contribution is -0.126. The molecule has 1 aliphatic carbocycles. The van der Waals surface area contributed by atoms with Gasteiger partial charge < -0.3 is 5.32 Å². The van der Waals surface area contributed by atoms with E-state index in [1.165, 1.54) is 38.5 Å². The molecular weight excluding hydrogens is 314 g/mol. The fourth-order valence-electron chi connectivity index (χ4n) is 3.09. The summed E-state index contributed by atoms with van der Waals surface area (Å²) >= 11 is 3.49. The molecule has 0 aromatic heterocycles. The van der Waals surface area contributed by atoms with E-state index in [-0.39, 0.29) is 0 Å². The molecule has 1 fully saturated rings. The van der Waals surface area contributed by atoms with Gasteiger partial charge in [0.25, 0.3) is 0 Å². The van der Waals surface area contributed by atoms with Crippen molar-refractivity contribution in [2.24, 2.45) is 17.8 Å². The highest BCUT2D eigenvalue weighted by atomic mass is 79.9. The Hall–Kier alpha value is -0.0500. The van der Waals surface area contributed by atoms with Gasteiger partial charge in [0.1, 0.15) is 0 Å². The predicted octanol–water partition coefficient (Wildman–Crippen LogP) is 4.91. The van der Waals surface area contributed by atoms with Crippen LogP contribution in [0.15, 0.2) is 0 Å². The molecule has 0 spiro atoms. The molecule has 0 aromatic carbocycles. The molecular formula is C17H32BrNO. The van der Waals surface area contributed by atoms with E-state index in [0.717, 1.165) is 37.1 Å². The number of unbranched alkanes of at least 4 members (excludes halogenated alkanes) is 1. The lowest BCUT2D eigenvalue weighted by Gasteiger charge is -2.27. The van der Waals surface area contributed by atoms with Gasteiger partial charge in [0.15, 0.2) is 0 Å². The smallest absolute Gasteiger partial charge is 0.223 e. The van der Waals surface area contributed by atoms with E-state index in [1.807, 2.05) is 0 Å². The summed E-state index contributed by atoms with van der Waals surface area (Å²) in [5.41, 5.74) is 0. The van der Waals surface area contributed by atoms with Crippen LogP contribution in [0.5, 0.6) is 0 Å². The molecule has 1 rings (SSSR count). The number of carbonyl (C=O) groups excluding carboxylic acids is 1. The molecule has 118 valence electrons. The third-order valence-corrected chi connectivity index (χ3v) is 5.73. The Morgan fingerprint density at radius 3 is 2.55 bits per heavy atom. The van der Waals surface area contributed by atoms with Crippen LogP contribution in [0.3, 0.4) is 0 Å². The van der Waals surface area contributed by atoms with Crippen molar-refractivity contribution in [3.05, 3.63) is 0 Å². The largest absolute Gasteiger partial charge is 0.356 e. The van der Waals surface area contributed by atoms with Gasteiger partial charge in [-0.15, -0.1) is 0 Å². The monoisotopic (exact) mass is 345 g/mol. The van der Waals surface area contributed by atoms with E-state index < -0.39 is 0 Å². The van der Waals surface area contributed by atoms with Crippen LogP contribution in [0.25, 0.3) is 0 Å². The molecule has 0 aromatic rings. The number of amides is 1. The van der Waals surface area contributed by atoms with Crippen molar-refractivity contribution in [1.29, 1.82) is 0 Å². The van der Waals surface area contributed by atoms with Crippen LogP contribution in [0.4, 0.5) is 0 Å². The van der Waals surface area contributed by atoms with E-state index in [4.69, 9.17) is 0 Å². The number of alkyl halides is 1. The number of halogens is 1. The predicted molar refractivity (Wildman–Crippen MR) is 90.2 cm³/mol. The Morgan fingerprint density at radius 1 is 1.25 bits per heavy atom. The van der Waals surface area contributed by atoms with Crippen molar-refractivity contribution >= 4 is 21.8 Å². The fraction of sp³-hybridized carbons (Fsp3) is 0.941. The summed E-state index contributed by atoms with van der Waals surface area (Å²) < 4.78 is 0. The van der Waals surface area contributed by atoms with Crippen LogP contribution in [-0.4, -0.2) is 17.8 Å². The summed E-state index contributed by atoms with van der Waals surface area (Å²) in [4.78, 5) is 12.1. The minimum Gasteiger partial charge on any atom is -0.356 e. The van der Waals surface area contributed by atoms with E-state index >= 15 is 0 Å². The first-order valence-electron chi connectivity index (χ1n) is 8.51. The molecule has 3 heteroatoms. The average Bonchev–Trinajstić information content (AvgIpc) is 2.49. The number of hydrogen-bond acceptors (Lipinski definition) is 1. The molecule has 1 unspecified atom stereocenters. The van der Waals surface area contributed by atoms with Crippen molar-refractivity contribution in [3.8, 4) is 0 Å². The maximum absolute atomic E-state index is 12.1.